The van der Waals surface area contributed by atoms with E-state index in [9.17, 15) is 9.18 Å². The normalized spacial score (nSPS) is 9.08. The third-order valence-corrected chi connectivity index (χ3v) is 1.71. The summed E-state index contributed by atoms with van der Waals surface area (Å²) in [6.07, 6.45) is 0. The van der Waals surface area contributed by atoms with Gasteiger partial charge in [0.05, 0.1) is 10.2 Å². The fraction of sp³-hybridized carbons (Fsp3) is 0. The molecule has 1 rings (SSSR count). The lowest BCUT2D eigenvalue weighted by Crippen LogP contribution is -1.94. The second-order valence-electron chi connectivity index (χ2n) is 2.14. The first kappa shape index (κ1) is 9.99. The number of benzene rings is 1. The van der Waals surface area contributed by atoms with Gasteiger partial charge in [-0.1, -0.05) is 11.6 Å². The van der Waals surface area contributed by atoms with E-state index in [0.717, 1.165) is 6.07 Å². The molecule has 13 heavy (non-hydrogen) atoms. The number of carbonyl (C=O) groups excluding carboxylic acids is 1. The highest BCUT2D eigenvalue weighted by molar-refractivity contribution is 7.78. The fourth-order valence-electron chi connectivity index (χ4n) is 0.735. The number of halogens is 2. The Labute approximate surface area is 84.0 Å². The first-order valence-corrected chi connectivity index (χ1v) is 4.01. The second-order valence-corrected chi connectivity index (χ2v) is 2.73. The number of hydrogen-bond acceptors (Lipinski definition) is 2. The number of nitrogens with zero attached hydrogens (tertiary/aromatic N) is 1. The van der Waals surface area contributed by atoms with E-state index < -0.39 is 11.7 Å². The number of carbonyl (C=O) groups is 1. The topological polar surface area (TPSA) is 29.4 Å². The molecule has 0 radical (unpaired) electrons. The fourth-order valence-corrected chi connectivity index (χ4v) is 0.936. The SMILES string of the molecule is O=C(N=C=S)c1ccc(Cl)c(F)c1. The summed E-state index contributed by atoms with van der Waals surface area (Å²) in [7, 11) is 0. The molecular weight excluding hydrogens is 213 g/mol. The summed E-state index contributed by atoms with van der Waals surface area (Å²) in [5.74, 6) is -1.29. The molecule has 0 aliphatic heterocycles. The van der Waals surface area contributed by atoms with Gasteiger partial charge < -0.3 is 0 Å². The number of rotatable bonds is 1. The minimum absolute atomic E-state index is 0.0390. The van der Waals surface area contributed by atoms with Crippen LogP contribution in [0.25, 0.3) is 0 Å². The van der Waals surface area contributed by atoms with Gasteiger partial charge in [-0.15, -0.1) is 0 Å². The molecule has 0 saturated heterocycles. The maximum absolute atomic E-state index is 12.8. The zero-order valence-electron chi connectivity index (χ0n) is 6.25. The monoisotopic (exact) mass is 215 g/mol. The van der Waals surface area contributed by atoms with Crippen LogP contribution in [0.5, 0.6) is 0 Å². The average molecular weight is 216 g/mol. The Kier molecular flexibility index (Phi) is 3.25. The molecule has 1 amide bonds. The van der Waals surface area contributed by atoms with Gasteiger partial charge in [-0.2, -0.15) is 4.99 Å². The lowest BCUT2D eigenvalue weighted by Gasteiger charge is -1.95. The van der Waals surface area contributed by atoms with Crippen LogP contribution in [0.3, 0.4) is 0 Å². The van der Waals surface area contributed by atoms with E-state index in [1.165, 1.54) is 12.1 Å². The Bertz CT molecular complexity index is 401. The van der Waals surface area contributed by atoms with Crippen LogP contribution in [-0.2, 0) is 0 Å². The van der Waals surface area contributed by atoms with E-state index in [2.05, 4.69) is 17.2 Å². The maximum Gasteiger partial charge on any atom is 0.285 e. The molecule has 0 unspecified atom stereocenters. The molecule has 2 nitrogen and oxygen atoms in total. The highest BCUT2D eigenvalue weighted by atomic mass is 35.5. The van der Waals surface area contributed by atoms with E-state index in [4.69, 9.17) is 11.6 Å². The highest BCUT2D eigenvalue weighted by Crippen LogP contribution is 2.15. The van der Waals surface area contributed by atoms with Crippen molar-refractivity contribution in [2.45, 2.75) is 0 Å². The van der Waals surface area contributed by atoms with E-state index in [1.54, 1.807) is 0 Å². The third kappa shape index (κ3) is 2.42. The molecule has 66 valence electrons. The van der Waals surface area contributed by atoms with Crippen LogP contribution in [0.2, 0.25) is 5.02 Å². The molecular formula is C8H3ClFNOS. The smallest absolute Gasteiger partial charge is 0.266 e. The van der Waals surface area contributed by atoms with Crippen LogP contribution in [0, 0.1) is 5.82 Å². The number of isothiocyanates is 1. The van der Waals surface area contributed by atoms with Gasteiger partial charge >= 0.3 is 0 Å². The Morgan fingerprint density at radius 1 is 1.62 bits per heavy atom. The van der Waals surface area contributed by atoms with Crippen molar-refractivity contribution in [2.24, 2.45) is 4.99 Å². The predicted octanol–water partition coefficient (Wildman–Crippen LogP) is 2.72. The van der Waals surface area contributed by atoms with Crippen LogP contribution in [-0.4, -0.2) is 11.1 Å². The van der Waals surface area contributed by atoms with Crippen molar-refractivity contribution >= 4 is 34.9 Å². The van der Waals surface area contributed by atoms with Gasteiger partial charge in [0, 0.05) is 5.56 Å². The Balaban J connectivity index is 3.10. The van der Waals surface area contributed by atoms with Crippen molar-refractivity contribution < 1.29 is 9.18 Å². The van der Waals surface area contributed by atoms with Crippen molar-refractivity contribution in [3.8, 4) is 0 Å². The summed E-state index contributed by atoms with van der Waals surface area (Å²) in [5, 5.41) is 1.86. The van der Waals surface area contributed by atoms with Crippen LogP contribution >= 0.6 is 23.8 Å². The van der Waals surface area contributed by atoms with Gasteiger partial charge in [-0.25, -0.2) is 4.39 Å². The molecule has 0 N–H and O–H groups in total. The zero-order chi connectivity index (χ0) is 9.84. The number of amides is 1. The molecule has 5 heteroatoms. The largest absolute Gasteiger partial charge is 0.285 e. The molecule has 0 spiro atoms. The summed E-state index contributed by atoms with van der Waals surface area (Å²) in [4.78, 5) is 14.2. The van der Waals surface area contributed by atoms with Gasteiger partial charge in [-0.05, 0) is 30.4 Å². The van der Waals surface area contributed by atoms with Crippen LogP contribution < -0.4 is 0 Å². The minimum Gasteiger partial charge on any atom is -0.266 e. The highest BCUT2D eigenvalue weighted by Gasteiger charge is 2.06. The molecule has 0 aromatic heterocycles. The van der Waals surface area contributed by atoms with Gasteiger partial charge in [0.15, 0.2) is 0 Å². The quantitative estimate of drug-likeness (QED) is 0.533. The number of hydrogen-bond donors (Lipinski definition) is 0. The molecule has 0 heterocycles. The summed E-state index contributed by atoms with van der Waals surface area (Å²) in [5.41, 5.74) is 0.0965. The van der Waals surface area contributed by atoms with E-state index in [0.29, 0.717) is 0 Å². The number of aliphatic imine (C=N–C) groups is 1. The maximum atomic E-state index is 12.8. The molecule has 0 atom stereocenters. The number of thiocarbonyl (C=S) groups is 1. The van der Waals surface area contributed by atoms with Crippen LogP contribution in [0.4, 0.5) is 4.39 Å². The zero-order valence-corrected chi connectivity index (χ0v) is 7.82. The molecule has 0 aliphatic rings. The van der Waals surface area contributed by atoms with Gasteiger partial charge in [0.25, 0.3) is 5.91 Å². The van der Waals surface area contributed by atoms with E-state index in [1.807, 2.05) is 5.16 Å². The van der Waals surface area contributed by atoms with E-state index >= 15 is 0 Å². The van der Waals surface area contributed by atoms with Crippen molar-refractivity contribution in [2.75, 3.05) is 0 Å². The molecule has 1 aromatic carbocycles. The molecule has 0 aliphatic carbocycles. The standard InChI is InChI=1S/C8H3ClFNOS/c9-6-2-1-5(3-7(6)10)8(12)11-4-13/h1-3H. The first-order chi connectivity index (χ1) is 6.15. The van der Waals surface area contributed by atoms with Crippen molar-refractivity contribution in [3.63, 3.8) is 0 Å². The van der Waals surface area contributed by atoms with E-state index in [-0.39, 0.29) is 10.6 Å². The van der Waals surface area contributed by atoms with Crippen molar-refractivity contribution in [3.05, 3.63) is 34.6 Å². The summed E-state index contributed by atoms with van der Waals surface area (Å²) in [6, 6.07) is 3.65. The van der Waals surface area contributed by atoms with Crippen LogP contribution in [0.1, 0.15) is 10.4 Å². The Morgan fingerprint density at radius 3 is 2.85 bits per heavy atom. The molecule has 0 fully saturated rings. The predicted molar refractivity (Wildman–Crippen MR) is 50.8 cm³/mol. The average Bonchev–Trinajstić information content (AvgIpc) is 2.10. The second kappa shape index (κ2) is 4.23. The third-order valence-electron chi connectivity index (χ3n) is 1.31. The molecule has 1 aromatic rings. The molecule has 0 saturated carbocycles. The molecule has 0 bridgehead atoms. The van der Waals surface area contributed by atoms with Gasteiger partial charge in [-0.3, -0.25) is 4.79 Å². The first-order valence-electron chi connectivity index (χ1n) is 3.22. The lowest BCUT2D eigenvalue weighted by molar-refractivity contribution is 0.100. The Hall–Kier alpha value is -1.09. The van der Waals surface area contributed by atoms with Gasteiger partial charge in [0.2, 0.25) is 0 Å². The summed E-state index contributed by atoms with van der Waals surface area (Å²) >= 11 is 9.64. The summed E-state index contributed by atoms with van der Waals surface area (Å²) in [6.45, 7) is 0. The van der Waals surface area contributed by atoms with Crippen molar-refractivity contribution in [1.82, 2.24) is 0 Å². The Morgan fingerprint density at radius 2 is 2.31 bits per heavy atom. The minimum atomic E-state index is -0.660. The lowest BCUT2D eigenvalue weighted by atomic mass is 10.2. The van der Waals surface area contributed by atoms with Crippen LogP contribution in [0.15, 0.2) is 23.2 Å². The van der Waals surface area contributed by atoms with Gasteiger partial charge in [0.1, 0.15) is 5.82 Å². The van der Waals surface area contributed by atoms with Crippen molar-refractivity contribution in [1.29, 1.82) is 0 Å². The summed E-state index contributed by atoms with van der Waals surface area (Å²) < 4.78 is 12.8.